The van der Waals surface area contributed by atoms with Gasteiger partial charge >= 0.3 is 0 Å². The van der Waals surface area contributed by atoms with E-state index in [1.807, 2.05) is 59.3 Å². The maximum absolute atomic E-state index is 6.19. The maximum Gasteiger partial charge on any atom is 0.150 e. The van der Waals surface area contributed by atoms with Gasteiger partial charge in [-0.15, -0.1) is 11.6 Å². The van der Waals surface area contributed by atoms with Crippen LogP contribution >= 0.6 is 11.6 Å². The van der Waals surface area contributed by atoms with Crippen LogP contribution in [0.5, 0.6) is 5.75 Å². The molecule has 0 saturated heterocycles. The molecule has 0 unspecified atom stereocenters. The summed E-state index contributed by atoms with van der Waals surface area (Å²) >= 11 is 5.90. The Kier molecular flexibility index (Phi) is 4.22. The van der Waals surface area contributed by atoms with E-state index in [1.54, 1.807) is 7.11 Å². The number of alkyl halides is 1. The molecule has 2 aromatic carbocycles. The highest BCUT2D eigenvalue weighted by Gasteiger charge is 2.16. The number of methoxy groups -OCH3 is 1. The van der Waals surface area contributed by atoms with Gasteiger partial charge in [0.05, 0.1) is 12.5 Å². The van der Waals surface area contributed by atoms with Crippen LogP contribution in [0.25, 0.3) is 27.8 Å². The number of nitrogen functional groups attached to an aromatic ring is 1. The molecule has 6 heteroatoms. The van der Waals surface area contributed by atoms with E-state index < -0.39 is 0 Å². The van der Waals surface area contributed by atoms with Crippen molar-refractivity contribution in [3.05, 3.63) is 66.6 Å². The second kappa shape index (κ2) is 6.69. The molecule has 4 aromatic rings. The van der Waals surface area contributed by atoms with E-state index in [-0.39, 0.29) is 0 Å². The molecule has 0 bridgehead atoms. The van der Waals surface area contributed by atoms with Crippen molar-refractivity contribution in [2.24, 2.45) is 0 Å². The normalized spacial score (nSPS) is 11.0. The number of rotatable bonds is 4. The summed E-state index contributed by atoms with van der Waals surface area (Å²) in [5, 5.41) is 0.821. The number of hydrogen-bond donors (Lipinski definition) is 1. The van der Waals surface area contributed by atoms with Crippen molar-refractivity contribution in [1.29, 1.82) is 0 Å². The lowest BCUT2D eigenvalue weighted by atomic mass is 10.1. The van der Waals surface area contributed by atoms with Gasteiger partial charge in [-0.2, -0.15) is 0 Å². The summed E-state index contributed by atoms with van der Waals surface area (Å²) in [6.07, 6.45) is 3.51. The Balaban J connectivity index is 1.96. The Labute approximate surface area is 156 Å². The lowest BCUT2D eigenvalue weighted by Gasteiger charge is -2.05. The molecule has 0 radical (unpaired) electrons. The van der Waals surface area contributed by atoms with Gasteiger partial charge in [0.1, 0.15) is 17.9 Å². The number of hydrogen-bond acceptors (Lipinski definition) is 4. The number of benzene rings is 2. The van der Waals surface area contributed by atoms with Crippen LogP contribution in [0.2, 0.25) is 0 Å². The molecule has 2 heterocycles. The summed E-state index contributed by atoms with van der Waals surface area (Å²) in [6, 6.07) is 15.9. The third-order valence-electron chi connectivity index (χ3n) is 4.36. The second-order valence-electron chi connectivity index (χ2n) is 5.90. The van der Waals surface area contributed by atoms with Crippen molar-refractivity contribution in [2.75, 3.05) is 12.8 Å². The highest BCUT2D eigenvalue weighted by molar-refractivity contribution is 6.17. The summed E-state index contributed by atoms with van der Waals surface area (Å²) in [5.74, 6) is 1.71. The number of aromatic nitrogens is 3. The Hall–Kier alpha value is -3.05. The fourth-order valence-electron chi connectivity index (χ4n) is 3.04. The maximum atomic E-state index is 6.19. The van der Waals surface area contributed by atoms with Crippen LogP contribution in [0, 0.1) is 0 Å². The predicted octanol–water partition coefficient (Wildman–Crippen LogP) is 4.42. The van der Waals surface area contributed by atoms with E-state index in [1.165, 1.54) is 6.33 Å². The summed E-state index contributed by atoms with van der Waals surface area (Å²) < 4.78 is 7.37. The highest BCUT2D eigenvalue weighted by atomic mass is 35.5. The van der Waals surface area contributed by atoms with Crippen LogP contribution in [0.1, 0.15) is 5.56 Å². The zero-order chi connectivity index (χ0) is 18.1. The van der Waals surface area contributed by atoms with Gasteiger partial charge in [0, 0.05) is 23.3 Å². The summed E-state index contributed by atoms with van der Waals surface area (Å²) in [6.45, 7) is 0. The van der Waals surface area contributed by atoms with Gasteiger partial charge in [-0.05, 0) is 35.4 Å². The van der Waals surface area contributed by atoms with Gasteiger partial charge in [0.25, 0.3) is 0 Å². The zero-order valence-corrected chi connectivity index (χ0v) is 14.9. The van der Waals surface area contributed by atoms with E-state index in [0.29, 0.717) is 11.7 Å². The quantitative estimate of drug-likeness (QED) is 0.544. The molecular formula is C20H17ClN4O. The number of halogens is 1. The van der Waals surface area contributed by atoms with Crippen molar-refractivity contribution >= 4 is 28.5 Å². The number of anilines is 1. The highest BCUT2D eigenvalue weighted by Crippen LogP contribution is 2.35. The third kappa shape index (κ3) is 2.76. The van der Waals surface area contributed by atoms with E-state index in [2.05, 4.69) is 9.97 Å². The first-order valence-corrected chi connectivity index (χ1v) is 8.66. The van der Waals surface area contributed by atoms with Gasteiger partial charge in [-0.1, -0.05) is 24.3 Å². The van der Waals surface area contributed by atoms with Gasteiger partial charge in [-0.3, -0.25) is 0 Å². The van der Waals surface area contributed by atoms with Crippen molar-refractivity contribution < 1.29 is 4.74 Å². The van der Waals surface area contributed by atoms with Crippen LogP contribution in [-0.2, 0) is 5.88 Å². The minimum absolute atomic E-state index is 0.448. The molecule has 0 aliphatic carbocycles. The fourth-order valence-corrected chi connectivity index (χ4v) is 3.22. The summed E-state index contributed by atoms with van der Waals surface area (Å²) in [7, 11) is 1.65. The van der Waals surface area contributed by atoms with Crippen molar-refractivity contribution in [1.82, 2.24) is 14.5 Å². The Morgan fingerprint density at radius 2 is 1.92 bits per heavy atom. The minimum Gasteiger partial charge on any atom is -0.497 e. The Bertz CT molecular complexity index is 1070. The summed E-state index contributed by atoms with van der Waals surface area (Å²) in [4.78, 5) is 8.64. The molecule has 0 saturated carbocycles. The number of nitrogens with two attached hydrogens (primary N) is 1. The molecule has 26 heavy (non-hydrogen) atoms. The number of fused-ring (bicyclic) bond motifs is 1. The molecule has 2 N–H and O–H groups in total. The standard InChI is InChI=1S/C20H17ClN4O/c1-26-16-4-2-3-14(9-16)17-11-25(15-7-5-13(10-21)6-8-15)20-18(17)19(22)23-12-24-20/h2-9,11-12H,10H2,1H3,(H2,22,23,24). The molecule has 0 amide bonds. The SMILES string of the molecule is COc1cccc(-c2cn(-c3ccc(CCl)cc3)c3ncnc(N)c23)c1. The Morgan fingerprint density at radius 3 is 2.65 bits per heavy atom. The lowest BCUT2D eigenvalue weighted by Crippen LogP contribution is -1.97. The van der Waals surface area contributed by atoms with E-state index in [0.717, 1.165) is 39.2 Å². The van der Waals surface area contributed by atoms with Crippen LogP contribution in [0.4, 0.5) is 5.82 Å². The summed E-state index contributed by atoms with van der Waals surface area (Å²) in [5.41, 5.74) is 10.9. The topological polar surface area (TPSA) is 66.0 Å². The molecule has 0 atom stereocenters. The second-order valence-corrected chi connectivity index (χ2v) is 6.17. The largest absolute Gasteiger partial charge is 0.497 e. The molecule has 0 fully saturated rings. The van der Waals surface area contributed by atoms with E-state index >= 15 is 0 Å². The van der Waals surface area contributed by atoms with Crippen molar-refractivity contribution in [3.63, 3.8) is 0 Å². The Morgan fingerprint density at radius 1 is 1.12 bits per heavy atom. The lowest BCUT2D eigenvalue weighted by molar-refractivity contribution is 0.415. The van der Waals surface area contributed by atoms with Crippen molar-refractivity contribution in [2.45, 2.75) is 5.88 Å². The van der Waals surface area contributed by atoms with E-state index in [9.17, 15) is 0 Å². The molecule has 5 nitrogen and oxygen atoms in total. The van der Waals surface area contributed by atoms with Crippen molar-refractivity contribution in [3.8, 4) is 22.6 Å². The molecule has 4 rings (SSSR count). The van der Waals surface area contributed by atoms with Gasteiger partial charge in [0.15, 0.2) is 5.65 Å². The molecule has 2 aromatic heterocycles. The monoisotopic (exact) mass is 364 g/mol. The van der Waals surface area contributed by atoms with Crippen LogP contribution < -0.4 is 10.5 Å². The average Bonchev–Trinajstić information content (AvgIpc) is 3.09. The fraction of sp³-hybridized carbons (Fsp3) is 0.100. The minimum atomic E-state index is 0.448. The van der Waals surface area contributed by atoms with Crippen LogP contribution in [0.3, 0.4) is 0 Å². The third-order valence-corrected chi connectivity index (χ3v) is 4.67. The van der Waals surface area contributed by atoms with E-state index in [4.69, 9.17) is 22.1 Å². The molecule has 130 valence electrons. The number of nitrogens with zero attached hydrogens (tertiary/aromatic N) is 3. The first-order chi connectivity index (χ1) is 12.7. The average molecular weight is 365 g/mol. The predicted molar refractivity (Wildman–Crippen MR) is 105 cm³/mol. The molecule has 0 aliphatic rings. The first kappa shape index (κ1) is 16.4. The first-order valence-electron chi connectivity index (χ1n) is 8.12. The van der Waals surface area contributed by atoms with Crippen LogP contribution in [-0.4, -0.2) is 21.6 Å². The number of ether oxygens (including phenoxy) is 1. The van der Waals surface area contributed by atoms with Crippen LogP contribution in [0.15, 0.2) is 61.1 Å². The molecular weight excluding hydrogens is 348 g/mol. The zero-order valence-electron chi connectivity index (χ0n) is 14.2. The smallest absolute Gasteiger partial charge is 0.150 e. The molecule has 0 aliphatic heterocycles. The molecule has 0 spiro atoms. The van der Waals surface area contributed by atoms with Gasteiger partial charge in [-0.25, -0.2) is 9.97 Å². The van der Waals surface area contributed by atoms with Gasteiger partial charge in [0.2, 0.25) is 0 Å². The van der Waals surface area contributed by atoms with Gasteiger partial charge < -0.3 is 15.0 Å².